The molecule has 2 amide bonds. The first kappa shape index (κ1) is 19.0. The lowest BCUT2D eigenvalue weighted by Gasteiger charge is -2.23. The van der Waals surface area contributed by atoms with Crippen LogP contribution in [0.5, 0.6) is 5.75 Å². The summed E-state index contributed by atoms with van der Waals surface area (Å²) in [5.74, 6) is 0.663. The largest absolute Gasteiger partial charge is 0.496 e. The highest BCUT2D eigenvalue weighted by molar-refractivity contribution is 5.97. The third kappa shape index (κ3) is 4.32. The monoisotopic (exact) mass is 369 g/mol. The Bertz CT molecular complexity index is 814. The van der Waals surface area contributed by atoms with Gasteiger partial charge in [-0.1, -0.05) is 0 Å². The standard InChI is InChI=1S/C21H27N3O3/c1-15-12-18(19(27-3)13-16(15)2)21(26)24-9-5-8-23(10-11-24)20(25)14-17-6-4-7-22-17/h4,6-7,12-13,22H,5,8-11,14H2,1-3H3. The van der Waals surface area contributed by atoms with Crippen molar-refractivity contribution in [1.82, 2.24) is 14.8 Å². The molecule has 1 N–H and O–H groups in total. The van der Waals surface area contributed by atoms with Crippen molar-refractivity contribution in [3.63, 3.8) is 0 Å². The molecule has 0 radical (unpaired) electrons. The zero-order valence-electron chi connectivity index (χ0n) is 16.2. The Labute approximate surface area is 160 Å². The number of carbonyl (C=O) groups is 2. The van der Waals surface area contributed by atoms with Crippen LogP contribution in [0.2, 0.25) is 0 Å². The molecule has 2 aromatic rings. The van der Waals surface area contributed by atoms with Crippen molar-refractivity contribution in [2.75, 3.05) is 33.3 Å². The normalized spacial score (nSPS) is 14.8. The number of carbonyl (C=O) groups excluding carboxylic acids is 2. The van der Waals surface area contributed by atoms with Crippen LogP contribution in [0.1, 0.15) is 33.6 Å². The van der Waals surface area contributed by atoms with E-state index in [1.165, 1.54) is 0 Å². The molecule has 0 atom stereocenters. The van der Waals surface area contributed by atoms with Crippen LogP contribution < -0.4 is 4.74 Å². The number of aromatic nitrogens is 1. The van der Waals surface area contributed by atoms with Crippen LogP contribution in [0.15, 0.2) is 30.5 Å². The minimum absolute atomic E-state index is 0.0337. The first-order valence-electron chi connectivity index (χ1n) is 9.34. The van der Waals surface area contributed by atoms with Crippen molar-refractivity contribution in [3.05, 3.63) is 52.8 Å². The van der Waals surface area contributed by atoms with Crippen molar-refractivity contribution in [1.29, 1.82) is 0 Å². The zero-order chi connectivity index (χ0) is 19.4. The fraction of sp³-hybridized carbons (Fsp3) is 0.429. The van der Waals surface area contributed by atoms with Gasteiger partial charge >= 0.3 is 0 Å². The van der Waals surface area contributed by atoms with Gasteiger partial charge in [0.05, 0.1) is 19.1 Å². The molecule has 0 unspecified atom stereocenters. The molecule has 0 saturated carbocycles. The van der Waals surface area contributed by atoms with Gasteiger partial charge < -0.3 is 19.5 Å². The summed E-state index contributed by atoms with van der Waals surface area (Å²) >= 11 is 0. The second-order valence-corrected chi connectivity index (χ2v) is 7.04. The van der Waals surface area contributed by atoms with Crippen molar-refractivity contribution in [3.8, 4) is 5.75 Å². The number of benzene rings is 1. The van der Waals surface area contributed by atoms with Crippen molar-refractivity contribution < 1.29 is 14.3 Å². The van der Waals surface area contributed by atoms with Crippen molar-refractivity contribution in [2.24, 2.45) is 0 Å². The molecule has 1 aliphatic heterocycles. The van der Waals surface area contributed by atoms with E-state index >= 15 is 0 Å². The third-order valence-corrected chi connectivity index (χ3v) is 5.19. The highest BCUT2D eigenvalue weighted by atomic mass is 16.5. The Morgan fingerprint density at radius 2 is 1.78 bits per heavy atom. The quantitative estimate of drug-likeness (QED) is 0.901. The maximum atomic E-state index is 13.1. The molecule has 144 valence electrons. The van der Waals surface area contributed by atoms with E-state index < -0.39 is 0 Å². The number of methoxy groups -OCH3 is 1. The highest BCUT2D eigenvalue weighted by Gasteiger charge is 2.25. The van der Waals surface area contributed by atoms with E-state index in [2.05, 4.69) is 4.98 Å². The van der Waals surface area contributed by atoms with Gasteiger partial charge in [0.15, 0.2) is 0 Å². The average molecular weight is 369 g/mol. The van der Waals surface area contributed by atoms with Gasteiger partial charge in [-0.25, -0.2) is 0 Å². The van der Waals surface area contributed by atoms with Gasteiger partial charge in [-0.15, -0.1) is 0 Å². The first-order chi connectivity index (χ1) is 13.0. The van der Waals surface area contributed by atoms with E-state index in [1.54, 1.807) is 7.11 Å². The molecule has 6 nitrogen and oxygen atoms in total. The summed E-state index contributed by atoms with van der Waals surface area (Å²) in [5, 5.41) is 0. The van der Waals surface area contributed by atoms with Gasteiger partial charge in [0.1, 0.15) is 5.75 Å². The molecule has 27 heavy (non-hydrogen) atoms. The highest BCUT2D eigenvalue weighted by Crippen LogP contribution is 2.25. The number of amides is 2. The molecule has 0 spiro atoms. The summed E-state index contributed by atoms with van der Waals surface area (Å²) < 4.78 is 5.43. The number of nitrogens with one attached hydrogen (secondary N) is 1. The molecule has 0 aliphatic carbocycles. The maximum absolute atomic E-state index is 13.1. The molecule has 0 bridgehead atoms. The SMILES string of the molecule is COc1cc(C)c(C)cc1C(=O)N1CCCN(C(=O)Cc2ccc[nH]2)CC1. The van der Waals surface area contributed by atoms with Gasteiger partial charge in [0.2, 0.25) is 5.91 Å². The Kier molecular flexibility index (Phi) is 5.84. The molecule has 1 aliphatic rings. The molecule has 6 heteroatoms. The van der Waals surface area contributed by atoms with Crippen LogP contribution >= 0.6 is 0 Å². The fourth-order valence-corrected chi connectivity index (χ4v) is 3.42. The molecule has 2 heterocycles. The predicted molar refractivity (Wildman–Crippen MR) is 104 cm³/mol. The number of aryl methyl sites for hydroxylation is 2. The molecular formula is C21H27N3O3. The Balaban J connectivity index is 1.68. The smallest absolute Gasteiger partial charge is 0.257 e. The second kappa shape index (κ2) is 8.29. The van der Waals surface area contributed by atoms with E-state index in [-0.39, 0.29) is 11.8 Å². The topological polar surface area (TPSA) is 65.6 Å². The van der Waals surface area contributed by atoms with E-state index in [0.29, 0.717) is 43.9 Å². The predicted octanol–water partition coefficient (Wildman–Crippen LogP) is 2.56. The molecule has 1 aromatic heterocycles. The third-order valence-electron chi connectivity index (χ3n) is 5.19. The van der Waals surface area contributed by atoms with Gasteiger partial charge in [0, 0.05) is 38.1 Å². The fourth-order valence-electron chi connectivity index (χ4n) is 3.42. The Morgan fingerprint density at radius 3 is 2.48 bits per heavy atom. The first-order valence-corrected chi connectivity index (χ1v) is 9.34. The van der Waals surface area contributed by atoms with Crippen LogP contribution in [0, 0.1) is 13.8 Å². The lowest BCUT2D eigenvalue weighted by atomic mass is 10.0. The number of hydrogen-bond acceptors (Lipinski definition) is 3. The van der Waals surface area contributed by atoms with Gasteiger partial charge in [-0.2, -0.15) is 0 Å². The minimum atomic E-state index is -0.0337. The van der Waals surface area contributed by atoms with Crippen LogP contribution in [-0.2, 0) is 11.2 Å². The van der Waals surface area contributed by atoms with Crippen molar-refractivity contribution in [2.45, 2.75) is 26.7 Å². The van der Waals surface area contributed by atoms with Crippen LogP contribution in [0.3, 0.4) is 0 Å². The van der Waals surface area contributed by atoms with E-state index in [9.17, 15) is 9.59 Å². The number of H-pyrrole nitrogens is 1. The molecule has 1 saturated heterocycles. The maximum Gasteiger partial charge on any atom is 0.257 e. The molecule has 3 rings (SSSR count). The number of nitrogens with zero attached hydrogens (tertiary/aromatic N) is 2. The lowest BCUT2D eigenvalue weighted by Crippen LogP contribution is -2.38. The molecule has 1 aromatic carbocycles. The van der Waals surface area contributed by atoms with Gasteiger partial charge in [-0.05, 0) is 55.7 Å². The molecular weight excluding hydrogens is 342 g/mol. The number of aromatic amines is 1. The van der Waals surface area contributed by atoms with Crippen LogP contribution in [0.4, 0.5) is 0 Å². The minimum Gasteiger partial charge on any atom is -0.496 e. The van der Waals surface area contributed by atoms with E-state index in [4.69, 9.17) is 4.74 Å². The van der Waals surface area contributed by atoms with Crippen LogP contribution in [0.25, 0.3) is 0 Å². The van der Waals surface area contributed by atoms with Gasteiger partial charge in [-0.3, -0.25) is 9.59 Å². The van der Waals surface area contributed by atoms with Crippen LogP contribution in [-0.4, -0.2) is 59.9 Å². The summed E-state index contributed by atoms with van der Waals surface area (Å²) in [6, 6.07) is 7.61. The van der Waals surface area contributed by atoms with Crippen molar-refractivity contribution >= 4 is 11.8 Å². The van der Waals surface area contributed by atoms with Gasteiger partial charge in [0.25, 0.3) is 5.91 Å². The summed E-state index contributed by atoms with van der Waals surface area (Å²) in [5.41, 5.74) is 3.67. The summed E-state index contributed by atoms with van der Waals surface area (Å²) in [6.45, 7) is 6.40. The zero-order valence-corrected chi connectivity index (χ0v) is 16.2. The summed E-state index contributed by atoms with van der Waals surface area (Å²) in [6.07, 6.45) is 2.96. The molecule has 1 fully saturated rings. The summed E-state index contributed by atoms with van der Waals surface area (Å²) in [4.78, 5) is 32.3. The number of ether oxygens (including phenoxy) is 1. The Morgan fingerprint density at radius 1 is 1.07 bits per heavy atom. The number of hydrogen-bond donors (Lipinski definition) is 1. The number of rotatable bonds is 4. The second-order valence-electron chi connectivity index (χ2n) is 7.04. The Hall–Kier alpha value is -2.76. The average Bonchev–Trinajstić information content (AvgIpc) is 3.04. The summed E-state index contributed by atoms with van der Waals surface area (Å²) in [7, 11) is 1.59. The lowest BCUT2D eigenvalue weighted by molar-refractivity contribution is -0.130. The van der Waals surface area contributed by atoms with E-state index in [0.717, 1.165) is 23.2 Å². The van der Waals surface area contributed by atoms with E-state index in [1.807, 2.05) is 54.1 Å².